The lowest BCUT2D eigenvalue weighted by molar-refractivity contribution is -0.122. The van der Waals surface area contributed by atoms with E-state index in [0.29, 0.717) is 17.2 Å². The van der Waals surface area contributed by atoms with Crippen molar-refractivity contribution in [3.8, 4) is 11.5 Å². The highest BCUT2D eigenvalue weighted by Gasteiger charge is 2.00. The number of hydrogen-bond acceptors (Lipinski definition) is 4. The highest BCUT2D eigenvalue weighted by atomic mass is 16.5. The first-order chi connectivity index (χ1) is 6.69. The van der Waals surface area contributed by atoms with Crippen LogP contribution in [0.5, 0.6) is 11.5 Å². The molecule has 1 aromatic carbocycles. The lowest BCUT2D eigenvalue weighted by Gasteiger charge is -2.06. The zero-order valence-corrected chi connectivity index (χ0v) is 8.06. The minimum Gasteiger partial charge on any atom is -0.493 e. The molecule has 5 nitrogen and oxygen atoms in total. The van der Waals surface area contributed by atoms with Gasteiger partial charge in [0.2, 0.25) is 0 Å². The van der Waals surface area contributed by atoms with Gasteiger partial charge in [0.15, 0.2) is 11.5 Å². The molecule has 0 aliphatic rings. The van der Waals surface area contributed by atoms with Crippen molar-refractivity contribution in [2.45, 2.75) is 0 Å². The van der Waals surface area contributed by atoms with Gasteiger partial charge in [-0.3, -0.25) is 4.79 Å². The van der Waals surface area contributed by atoms with Gasteiger partial charge in [0, 0.05) is 11.8 Å². The third kappa shape index (κ3) is 3.66. The Morgan fingerprint density at radius 1 is 1.29 bits per heavy atom. The predicted octanol–water partition coefficient (Wildman–Crippen LogP) is 0.987. The Balaban J connectivity index is 0.000000500. The molecule has 0 bridgehead atoms. The highest BCUT2D eigenvalue weighted by Crippen LogP contribution is 2.28. The molecule has 0 saturated carbocycles. The van der Waals surface area contributed by atoms with E-state index in [0.717, 1.165) is 0 Å². The molecule has 0 unspecified atom stereocenters. The molecule has 0 radical (unpaired) electrons. The Morgan fingerprint density at radius 3 is 2.21 bits per heavy atom. The van der Waals surface area contributed by atoms with E-state index in [1.54, 1.807) is 32.4 Å². The van der Waals surface area contributed by atoms with E-state index in [1.807, 2.05) is 0 Å². The second-order valence-corrected chi connectivity index (χ2v) is 2.22. The van der Waals surface area contributed by atoms with E-state index < -0.39 is 0 Å². The molecule has 14 heavy (non-hydrogen) atoms. The fourth-order valence-corrected chi connectivity index (χ4v) is 0.853. The fraction of sp³-hybridized carbons (Fsp3) is 0.222. The summed E-state index contributed by atoms with van der Waals surface area (Å²) in [4.78, 5) is 8.36. The summed E-state index contributed by atoms with van der Waals surface area (Å²) in [5.74, 6) is 1.36. The van der Waals surface area contributed by atoms with Gasteiger partial charge >= 0.3 is 0 Å². The van der Waals surface area contributed by atoms with E-state index >= 15 is 0 Å². The van der Waals surface area contributed by atoms with Gasteiger partial charge in [-0.2, -0.15) is 0 Å². The normalized spacial score (nSPS) is 8.14. The van der Waals surface area contributed by atoms with Crippen LogP contribution in [0, 0.1) is 0 Å². The SMILES string of the molecule is COc1ccc(N)cc1OC.O=CO. The summed E-state index contributed by atoms with van der Waals surface area (Å²) in [6.45, 7) is -0.250. The summed E-state index contributed by atoms with van der Waals surface area (Å²) < 4.78 is 10.0. The van der Waals surface area contributed by atoms with Gasteiger partial charge in [0.1, 0.15) is 0 Å². The van der Waals surface area contributed by atoms with Gasteiger partial charge in [-0.05, 0) is 12.1 Å². The first-order valence-corrected chi connectivity index (χ1v) is 3.75. The van der Waals surface area contributed by atoms with Crippen LogP contribution in [0.25, 0.3) is 0 Å². The summed E-state index contributed by atoms with van der Waals surface area (Å²) in [5, 5.41) is 6.89. The molecule has 0 aromatic heterocycles. The van der Waals surface area contributed by atoms with Crippen molar-refractivity contribution in [3.05, 3.63) is 18.2 Å². The maximum absolute atomic E-state index is 8.36. The summed E-state index contributed by atoms with van der Waals surface area (Å²) in [6.07, 6.45) is 0. The molecular formula is C9H13NO4. The number of anilines is 1. The van der Waals surface area contributed by atoms with Crippen molar-refractivity contribution in [2.75, 3.05) is 20.0 Å². The van der Waals surface area contributed by atoms with Gasteiger partial charge < -0.3 is 20.3 Å². The number of methoxy groups -OCH3 is 2. The van der Waals surface area contributed by atoms with Crippen LogP contribution in [0.3, 0.4) is 0 Å². The van der Waals surface area contributed by atoms with Crippen LogP contribution in [0.2, 0.25) is 0 Å². The van der Waals surface area contributed by atoms with Gasteiger partial charge in [0.25, 0.3) is 6.47 Å². The van der Waals surface area contributed by atoms with Crippen LogP contribution in [-0.4, -0.2) is 25.8 Å². The number of carbonyl (C=O) groups is 1. The van der Waals surface area contributed by atoms with Crippen LogP contribution in [0.1, 0.15) is 0 Å². The maximum atomic E-state index is 8.36. The van der Waals surface area contributed by atoms with E-state index in [2.05, 4.69) is 0 Å². The topological polar surface area (TPSA) is 81.8 Å². The number of carboxylic acid groups (broad SMARTS) is 1. The van der Waals surface area contributed by atoms with E-state index in [4.69, 9.17) is 25.1 Å². The van der Waals surface area contributed by atoms with Crippen LogP contribution in [0.4, 0.5) is 5.69 Å². The number of nitrogens with two attached hydrogens (primary N) is 1. The molecule has 0 fully saturated rings. The molecule has 3 N–H and O–H groups in total. The average Bonchev–Trinajstić information content (AvgIpc) is 2.19. The Hall–Kier alpha value is -1.91. The monoisotopic (exact) mass is 199 g/mol. The summed E-state index contributed by atoms with van der Waals surface area (Å²) in [6, 6.07) is 5.26. The molecule has 5 heteroatoms. The smallest absolute Gasteiger partial charge is 0.290 e. The zero-order valence-electron chi connectivity index (χ0n) is 8.06. The number of benzene rings is 1. The standard InChI is InChI=1S/C8H11NO2.CH2O2/c1-10-7-4-3-6(9)5-8(7)11-2;2-1-3/h3-5H,9H2,1-2H3;1H,(H,2,3). The molecule has 78 valence electrons. The molecule has 1 aromatic rings. The second kappa shape index (κ2) is 6.59. The number of nitrogen functional groups attached to an aromatic ring is 1. The maximum Gasteiger partial charge on any atom is 0.290 e. The van der Waals surface area contributed by atoms with E-state index in [9.17, 15) is 0 Å². The van der Waals surface area contributed by atoms with Crippen molar-refractivity contribution in [1.29, 1.82) is 0 Å². The predicted molar refractivity (Wildman–Crippen MR) is 52.7 cm³/mol. The minimum absolute atomic E-state index is 0.250. The van der Waals surface area contributed by atoms with Crippen LogP contribution < -0.4 is 15.2 Å². The average molecular weight is 199 g/mol. The Bertz CT molecular complexity index is 288. The Labute approximate surface area is 82.1 Å². The minimum atomic E-state index is -0.250. The van der Waals surface area contributed by atoms with Gasteiger partial charge in [-0.15, -0.1) is 0 Å². The molecule has 1 rings (SSSR count). The molecular weight excluding hydrogens is 186 g/mol. The molecule has 0 heterocycles. The van der Waals surface area contributed by atoms with Gasteiger partial charge in [-0.25, -0.2) is 0 Å². The summed E-state index contributed by atoms with van der Waals surface area (Å²) >= 11 is 0. The quantitative estimate of drug-likeness (QED) is 0.548. The van der Waals surface area contributed by atoms with Gasteiger partial charge in [-0.1, -0.05) is 0 Å². The van der Waals surface area contributed by atoms with Crippen LogP contribution in [0.15, 0.2) is 18.2 Å². The van der Waals surface area contributed by atoms with Gasteiger partial charge in [0.05, 0.1) is 14.2 Å². The highest BCUT2D eigenvalue weighted by molar-refractivity contribution is 5.51. The number of hydrogen-bond donors (Lipinski definition) is 2. The molecule has 0 aliphatic carbocycles. The first-order valence-electron chi connectivity index (χ1n) is 3.75. The Kier molecular flexibility index (Phi) is 5.69. The summed E-state index contributed by atoms with van der Waals surface area (Å²) in [5.41, 5.74) is 6.19. The number of ether oxygens (including phenoxy) is 2. The van der Waals surface area contributed by atoms with Crippen molar-refractivity contribution in [3.63, 3.8) is 0 Å². The van der Waals surface area contributed by atoms with Crippen LogP contribution in [-0.2, 0) is 4.79 Å². The molecule has 0 amide bonds. The van der Waals surface area contributed by atoms with Crippen molar-refractivity contribution in [1.82, 2.24) is 0 Å². The number of rotatable bonds is 2. The summed E-state index contributed by atoms with van der Waals surface area (Å²) in [7, 11) is 3.17. The van der Waals surface area contributed by atoms with E-state index in [1.165, 1.54) is 0 Å². The first kappa shape index (κ1) is 12.1. The third-order valence-electron chi connectivity index (χ3n) is 1.41. The lowest BCUT2D eigenvalue weighted by atomic mass is 10.3. The van der Waals surface area contributed by atoms with Crippen molar-refractivity contribution < 1.29 is 19.4 Å². The largest absolute Gasteiger partial charge is 0.493 e. The molecule has 0 spiro atoms. The Morgan fingerprint density at radius 2 is 1.79 bits per heavy atom. The second-order valence-electron chi connectivity index (χ2n) is 2.22. The molecule has 0 saturated heterocycles. The molecule has 0 atom stereocenters. The molecule has 0 aliphatic heterocycles. The van der Waals surface area contributed by atoms with Crippen molar-refractivity contribution >= 4 is 12.2 Å². The van der Waals surface area contributed by atoms with Crippen LogP contribution >= 0.6 is 0 Å². The lowest BCUT2D eigenvalue weighted by Crippen LogP contribution is -1.92. The van der Waals surface area contributed by atoms with E-state index in [-0.39, 0.29) is 6.47 Å². The third-order valence-corrected chi connectivity index (χ3v) is 1.41. The fourth-order valence-electron chi connectivity index (χ4n) is 0.853. The van der Waals surface area contributed by atoms with Crippen molar-refractivity contribution in [2.24, 2.45) is 0 Å². The zero-order chi connectivity index (χ0) is 11.0.